The third kappa shape index (κ3) is 5.81. The van der Waals surface area contributed by atoms with Gasteiger partial charge >= 0.3 is 0 Å². The number of aliphatic hydroxyl groups is 1. The van der Waals surface area contributed by atoms with Crippen LogP contribution in [0.5, 0.6) is 5.75 Å². The van der Waals surface area contributed by atoms with Crippen molar-refractivity contribution in [1.29, 1.82) is 0 Å². The van der Waals surface area contributed by atoms with Crippen LogP contribution in [0.3, 0.4) is 0 Å². The van der Waals surface area contributed by atoms with E-state index in [1.165, 1.54) is 0 Å². The standard InChI is InChI=1S/C37H42ClN5O4Si/c1-23-29(43-22-40-28-33(38)41-35(39)42-34(28)43)30(44)32(31(23)47-48(6,7)36(2,3)4)46-37(24-14-10-8-11-15-24,25-16-12-9-13-17-25)26-18-20-27(45-5)21-19-26/h8-22,29-32,44H,1H2,2-7H3,(H2,39,41,42)/t29-,30+,31+,32+/m1/s1. The van der Waals surface area contributed by atoms with E-state index in [2.05, 4.69) is 55.4 Å². The van der Waals surface area contributed by atoms with E-state index >= 15 is 0 Å². The van der Waals surface area contributed by atoms with Crippen LogP contribution >= 0.6 is 11.6 Å². The van der Waals surface area contributed by atoms with E-state index < -0.39 is 38.3 Å². The number of benzene rings is 3. The van der Waals surface area contributed by atoms with Crippen LogP contribution in [0.2, 0.25) is 23.3 Å². The Hall–Kier alpha value is -4.06. The molecule has 5 aromatic rings. The molecule has 4 atom stereocenters. The molecule has 6 rings (SSSR count). The molecule has 0 amide bonds. The minimum atomic E-state index is -2.45. The molecular formula is C37H42ClN5O4Si. The van der Waals surface area contributed by atoms with E-state index in [1.54, 1.807) is 18.0 Å². The monoisotopic (exact) mass is 683 g/mol. The lowest BCUT2D eigenvalue weighted by Gasteiger charge is -2.43. The molecule has 1 aliphatic carbocycles. The van der Waals surface area contributed by atoms with Crippen molar-refractivity contribution in [3.63, 3.8) is 0 Å². The number of aliphatic hydroxyl groups excluding tert-OH is 1. The number of fused-ring (bicyclic) bond motifs is 1. The van der Waals surface area contributed by atoms with Gasteiger partial charge in [-0.2, -0.15) is 9.97 Å². The molecule has 250 valence electrons. The van der Waals surface area contributed by atoms with Gasteiger partial charge in [-0.15, -0.1) is 0 Å². The van der Waals surface area contributed by atoms with Crippen LogP contribution in [0, 0.1) is 0 Å². The Bertz CT molecular complexity index is 1870. The summed E-state index contributed by atoms with van der Waals surface area (Å²) in [6.07, 6.45) is -1.13. The number of rotatable bonds is 9. The van der Waals surface area contributed by atoms with Gasteiger partial charge in [-0.1, -0.05) is 112 Å². The van der Waals surface area contributed by atoms with Crippen LogP contribution in [-0.4, -0.2) is 58.4 Å². The number of hydrogen-bond acceptors (Lipinski definition) is 8. The number of ether oxygens (including phenoxy) is 2. The van der Waals surface area contributed by atoms with Crippen molar-refractivity contribution in [2.45, 2.75) is 68.9 Å². The van der Waals surface area contributed by atoms with E-state index in [-0.39, 0.29) is 16.1 Å². The summed E-state index contributed by atoms with van der Waals surface area (Å²) in [5.74, 6) is 0.718. The first kappa shape index (κ1) is 33.8. The lowest BCUT2D eigenvalue weighted by atomic mass is 9.79. The molecule has 48 heavy (non-hydrogen) atoms. The summed E-state index contributed by atoms with van der Waals surface area (Å²) in [7, 11) is -0.814. The zero-order valence-corrected chi connectivity index (χ0v) is 29.8. The van der Waals surface area contributed by atoms with Gasteiger partial charge in [0.15, 0.2) is 19.1 Å². The minimum Gasteiger partial charge on any atom is -0.497 e. The maximum atomic E-state index is 12.5. The van der Waals surface area contributed by atoms with E-state index in [1.807, 2.05) is 84.9 Å². The fourth-order valence-electron chi connectivity index (χ4n) is 6.25. The Morgan fingerprint density at radius 2 is 1.46 bits per heavy atom. The highest BCUT2D eigenvalue weighted by Gasteiger charge is 2.55. The molecule has 1 fully saturated rings. The molecule has 0 bridgehead atoms. The smallest absolute Gasteiger partial charge is 0.223 e. The summed E-state index contributed by atoms with van der Waals surface area (Å²) in [6.45, 7) is 15.5. The summed E-state index contributed by atoms with van der Waals surface area (Å²) < 4.78 is 21.9. The lowest BCUT2D eigenvalue weighted by molar-refractivity contribution is -0.123. The molecule has 3 aromatic carbocycles. The van der Waals surface area contributed by atoms with Crippen molar-refractivity contribution < 1.29 is 19.0 Å². The van der Waals surface area contributed by atoms with Crippen molar-refractivity contribution in [2.75, 3.05) is 12.8 Å². The molecule has 1 aliphatic rings. The summed E-state index contributed by atoms with van der Waals surface area (Å²) in [5.41, 5.74) is 8.86. The molecule has 0 saturated heterocycles. The zero-order valence-electron chi connectivity index (χ0n) is 28.1. The quantitative estimate of drug-likeness (QED) is 0.0719. The summed E-state index contributed by atoms with van der Waals surface area (Å²) in [6, 6.07) is 27.2. The minimum absolute atomic E-state index is 0.000834. The second-order valence-corrected chi connectivity index (χ2v) is 18.8. The summed E-state index contributed by atoms with van der Waals surface area (Å²) in [4.78, 5) is 13.0. The van der Waals surface area contributed by atoms with Gasteiger partial charge < -0.3 is 29.3 Å². The molecule has 9 nitrogen and oxygen atoms in total. The van der Waals surface area contributed by atoms with Crippen LogP contribution in [0.1, 0.15) is 43.5 Å². The third-order valence-electron chi connectivity index (χ3n) is 9.80. The topological polar surface area (TPSA) is 118 Å². The van der Waals surface area contributed by atoms with E-state index in [9.17, 15) is 5.11 Å². The molecule has 0 spiro atoms. The Morgan fingerprint density at radius 1 is 0.896 bits per heavy atom. The van der Waals surface area contributed by atoms with Gasteiger partial charge in [0.2, 0.25) is 5.95 Å². The van der Waals surface area contributed by atoms with Gasteiger partial charge in [0, 0.05) is 0 Å². The second kappa shape index (κ2) is 12.8. The number of nitrogen functional groups attached to an aromatic ring is 1. The lowest BCUT2D eigenvalue weighted by Crippen LogP contribution is -2.50. The average Bonchev–Trinajstić information content (AvgIpc) is 3.57. The number of hydrogen-bond donors (Lipinski definition) is 2. The van der Waals surface area contributed by atoms with Crippen LogP contribution in [0.25, 0.3) is 11.2 Å². The van der Waals surface area contributed by atoms with Crippen LogP contribution in [-0.2, 0) is 14.8 Å². The maximum Gasteiger partial charge on any atom is 0.223 e. The van der Waals surface area contributed by atoms with Gasteiger partial charge in [0.05, 0.1) is 25.6 Å². The Morgan fingerprint density at radius 3 is 2.00 bits per heavy atom. The van der Waals surface area contributed by atoms with Gasteiger partial charge in [-0.25, -0.2) is 4.98 Å². The number of methoxy groups -OCH3 is 1. The fourth-order valence-corrected chi connectivity index (χ4v) is 7.74. The number of aromatic nitrogens is 4. The molecule has 1 saturated carbocycles. The van der Waals surface area contributed by atoms with Gasteiger partial charge in [0.1, 0.15) is 29.1 Å². The number of nitrogens with two attached hydrogens (primary N) is 1. The predicted molar refractivity (Wildman–Crippen MR) is 192 cm³/mol. The molecule has 2 heterocycles. The molecule has 3 N–H and O–H groups in total. The van der Waals surface area contributed by atoms with Crippen LogP contribution in [0.15, 0.2) is 103 Å². The first-order chi connectivity index (χ1) is 22.8. The SMILES string of the molecule is C=C1[C@@H](n2cnc3c(Cl)nc(N)nc32)[C@H](O)[C@H](OC(c2ccccc2)(c2ccccc2)c2ccc(OC)cc2)[C@H]1O[Si](C)(C)C(C)(C)C. The number of halogens is 1. The fraction of sp³-hybridized carbons (Fsp3) is 0.324. The van der Waals surface area contributed by atoms with Crippen molar-refractivity contribution in [3.8, 4) is 5.75 Å². The molecule has 0 unspecified atom stereocenters. The number of nitrogens with zero attached hydrogens (tertiary/aromatic N) is 4. The Balaban J connectivity index is 1.57. The van der Waals surface area contributed by atoms with E-state index in [4.69, 9.17) is 31.2 Å². The predicted octanol–water partition coefficient (Wildman–Crippen LogP) is 7.31. The average molecular weight is 684 g/mol. The Labute approximate surface area is 287 Å². The van der Waals surface area contributed by atoms with Gasteiger partial charge in [-0.3, -0.25) is 0 Å². The molecule has 2 aromatic heterocycles. The molecular weight excluding hydrogens is 642 g/mol. The highest BCUT2D eigenvalue weighted by atomic mass is 35.5. The highest BCUT2D eigenvalue weighted by molar-refractivity contribution is 6.74. The van der Waals surface area contributed by atoms with Crippen LogP contribution in [0.4, 0.5) is 5.95 Å². The van der Waals surface area contributed by atoms with Gasteiger partial charge in [0.25, 0.3) is 0 Å². The first-order valence-corrected chi connectivity index (χ1v) is 19.2. The Kier molecular flexibility index (Phi) is 8.99. The van der Waals surface area contributed by atoms with Crippen molar-refractivity contribution >= 4 is 37.0 Å². The molecule has 0 aliphatic heterocycles. The number of imidazole rings is 1. The maximum absolute atomic E-state index is 12.5. The highest BCUT2D eigenvalue weighted by Crippen LogP contribution is 2.50. The first-order valence-electron chi connectivity index (χ1n) is 15.9. The van der Waals surface area contributed by atoms with Crippen molar-refractivity contribution in [2.24, 2.45) is 0 Å². The number of anilines is 1. The summed E-state index contributed by atoms with van der Waals surface area (Å²) in [5, 5.41) is 12.5. The van der Waals surface area contributed by atoms with E-state index in [0.717, 1.165) is 16.7 Å². The second-order valence-electron chi connectivity index (χ2n) is 13.7. The zero-order chi connectivity index (χ0) is 34.4. The normalized spacial score (nSPS) is 20.4. The van der Waals surface area contributed by atoms with Gasteiger partial charge in [-0.05, 0) is 52.5 Å². The van der Waals surface area contributed by atoms with Crippen LogP contribution < -0.4 is 10.5 Å². The largest absolute Gasteiger partial charge is 0.497 e. The van der Waals surface area contributed by atoms with Crippen molar-refractivity contribution in [3.05, 3.63) is 125 Å². The van der Waals surface area contributed by atoms with E-state index in [0.29, 0.717) is 22.5 Å². The summed E-state index contributed by atoms with van der Waals surface area (Å²) >= 11 is 6.42. The molecule has 11 heteroatoms. The molecule has 0 radical (unpaired) electrons. The third-order valence-corrected chi connectivity index (χ3v) is 14.5. The van der Waals surface area contributed by atoms with Crippen molar-refractivity contribution in [1.82, 2.24) is 19.5 Å².